The van der Waals surface area contributed by atoms with Gasteiger partial charge in [0.15, 0.2) is 0 Å². The maximum Gasteiger partial charge on any atom is 0.407 e. The number of carbonyl (C=O) groups is 1. The number of amides is 1. The van der Waals surface area contributed by atoms with Crippen LogP contribution in [0.2, 0.25) is 0 Å². The minimum absolute atomic E-state index is 0.327. The maximum atomic E-state index is 11.6. The Morgan fingerprint density at radius 3 is 2.11 bits per heavy atom. The van der Waals surface area contributed by atoms with Crippen molar-refractivity contribution in [2.45, 2.75) is 84.7 Å². The molecule has 0 aromatic heterocycles. The summed E-state index contributed by atoms with van der Waals surface area (Å²) in [5.41, 5.74) is 2.48. The summed E-state index contributed by atoms with van der Waals surface area (Å²) in [6.45, 7) is 10.1. The van der Waals surface area contributed by atoms with Gasteiger partial charge in [-0.15, -0.1) is 0 Å². The van der Waals surface area contributed by atoms with Crippen LogP contribution in [0.5, 0.6) is 0 Å². The monoisotopic (exact) mass is 377 g/mol. The number of unbranched alkanes of at least 4 members (excludes halogenated alkanes) is 4. The van der Waals surface area contributed by atoms with Crippen molar-refractivity contribution in [1.82, 2.24) is 5.32 Å². The minimum Gasteiger partial charge on any atom is -0.444 e. The first-order valence-electron chi connectivity index (χ1n) is 10.5. The van der Waals surface area contributed by atoms with E-state index in [9.17, 15) is 4.79 Å². The molecule has 0 radical (unpaired) electrons. The zero-order valence-corrected chi connectivity index (χ0v) is 17.8. The Labute approximate surface area is 166 Å². The molecule has 1 aromatic rings. The number of hydrogen-bond acceptors (Lipinski definition) is 3. The Morgan fingerprint density at radius 1 is 0.926 bits per heavy atom. The summed E-state index contributed by atoms with van der Waals surface area (Å²) in [5, 5.41) is 2.83. The van der Waals surface area contributed by atoms with Crippen molar-refractivity contribution in [3.63, 3.8) is 0 Å². The van der Waals surface area contributed by atoms with Gasteiger partial charge in [-0.25, -0.2) is 4.79 Å². The second-order valence-corrected chi connectivity index (χ2v) is 8.02. The quantitative estimate of drug-likeness (QED) is 0.450. The second kappa shape index (κ2) is 13.6. The van der Waals surface area contributed by atoms with Crippen molar-refractivity contribution >= 4 is 6.09 Å². The number of ether oxygens (including phenoxy) is 2. The van der Waals surface area contributed by atoms with Crippen molar-refractivity contribution in [2.24, 2.45) is 0 Å². The number of nitrogens with one attached hydrogen (secondary N) is 1. The molecule has 1 N–H and O–H groups in total. The Hall–Kier alpha value is -1.55. The van der Waals surface area contributed by atoms with Gasteiger partial charge in [-0.1, -0.05) is 37.1 Å². The average molecular weight is 378 g/mol. The van der Waals surface area contributed by atoms with Crippen LogP contribution in [-0.4, -0.2) is 31.5 Å². The molecule has 4 nitrogen and oxygen atoms in total. The van der Waals surface area contributed by atoms with Crippen LogP contribution in [0.1, 0.15) is 77.3 Å². The summed E-state index contributed by atoms with van der Waals surface area (Å²) in [6.07, 6.45) is 8.85. The standard InChI is InChI=1S/C23H39NO3/c1-5-26-19-13-7-6-8-14-20-15-9-10-16-21(20)17-11-12-18-24-22(25)27-23(2,3)4/h9-10,15-16H,5-8,11-14,17-19H2,1-4H3,(H,24,25). The molecule has 0 saturated carbocycles. The van der Waals surface area contributed by atoms with Gasteiger partial charge >= 0.3 is 6.09 Å². The Balaban J connectivity index is 2.21. The third kappa shape index (κ3) is 12.5. The summed E-state index contributed by atoms with van der Waals surface area (Å²) in [6, 6.07) is 8.76. The third-order valence-electron chi connectivity index (χ3n) is 4.35. The van der Waals surface area contributed by atoms with E-state index in [0.29, 0.717) is 6.54 Å². The number of alkyl carbamates (subject to hydrolysis) is 1. The topological polar surface area (TPSA) is 47.6 Å². The van der Waals surface area contributed by atoms with E-state index < -0.39 is 5.60 Å². The van der Waals surface area contributed by atoms with E-state index >= 15 is 0 Å². The second-order valence-electron chi connectivity index (χ2n) is 8.02. The predicted molar refractivity (Wildman–Crippen MR) is 112 cm³/mol. The lowest BCUT2D eigenvalue weighted by atomic mass is 9.97. The van der Waals surface area contributed by atoms with E-state index in [1.165, 1.54) is 36.8 Å². The van der Waals surface area contributed by atoms with Crippen molar-refractivity contribution in [2.75, 3.05) is 19.8 Å². The van der Waals surface area contributed by atoms with E-state index in [1.807, 2.05) is 27.7 Å². The summed E-state index contributed by atoms with van der Waals surface area (Å²) < 4.78 is 10.6. The van der Waals surface area contributed by atoms with Crippen LogP contribution in [0.15, 0.2) is 24.3 Å². The van der Waals surface area contributed by atoms with E-state index in [2.05, 4.69) is 29.6 Å². The molecular formula is C23H39NO3. The van der Waals surface area contributed by atoms with Crippen LogP contribution < -0.4 is 5.32 Å². The minimum atomic E-state index is -0.438. The fraction of sp³-hybridized carbons (Fsp3) is 0.696. The molecule has 27 heavy (non-hydrogen) atoms. The summed E-state index contributed by atoms with van der Waals surface area (Å²) in [4.78, 5) is 11.6. The molecule has 0 saturated heterocycles. The first-order chi connectivity index (χ1) is 12.9. The first kappa shape index (κ1) is 23.5. The predicted octanol–water partition coefficient (Wildman–Crippen LogP) is 5.67. The van der Waals surface area contributed by atoms with Crippen molar-refractivity contribution in [3.05, 3.63) is 35.4 Å². The fourth-order valence-electron chi connectivity index (χ4n) is 3.01. The average Bonchev–Trinajstić information content (AvgIpc) is 2.60. The van der Waals surface area contributed by atoms with Gasteiger partial charge in [-0.05, 0) is 77.3 Å². The number of aryl methyl sites for hydroxylation is 2. The SMILES string of the molecule is CCOCCCCCCc1ccccc1CCCCNC(=O)OC(C)(C)C. The molecule has 1 aromatic carbocycles. The van der Waals surface area contributed by atoms with Gasteiger partial charge < -0.3 is 14.8 Å². The molecule has 0 spiro atoms. The van der Waals surface area contributed by atoms with Crippen LogP contribution in [0.3, 0.4) is 0 Å². The maximum absolute atomic E-state index is 11.6. The van der Waals surface area contributed by atoms with Crippen molar-refractivity contribution in [3.8, 4) is 0 Å². The van der Waals surface area contributed by atoms with Crippen molar-refractivity contribution in [1.29, 1.82) is 0 Å². The Kier molecular flexibility index (Phi) is 11.8. The molecule has 0 atom stereocenters. The van der Waals surface area contributed by atoms with Gasteiger partial charge in [0, 0.05) is 19.8 Å². The normalized spacial score (nSPS) is 11.4. The van der Waals surface area contributed by atoms with E-state index in [4.69, 9.17) is 9.47 Å². The lowest BCUT2D eigenvalue weighted by Gasteiger charge is -2.19. The molecule has 4 heteroatoms. The van der Waals surface area contributed by atoms with Crippen LogP contribution >= 0.6 is 0 Å². The Bertz CT molecular complexity index is 523. The number of rotatable bonds is 13. The van der Waals surface area contributed by atoms with E-state index in [-0.39, 0.29) is 6.09 Å². The molecule has 154 valence electrons. The first-order valence-corrected chi connectivity index (χ1v) is 10.5. The van der Waals surface area contributed by atoms with Crippen LogP contribution in [0.4, 0.5) is 4.79 Å². The summed E-state index contributed by atoms with van der Waals surface area (Å²) in [5.74, 6) is 0. The molecule has 0 heterocycles. The zero-order valence-electron chi connectivity index (χ0n) is 17.8. The number of carbonyl (C=O) groups excluding carboxylic acids is 1. The highest BCUT2D eigenvalue weighted by Crippen LogP contribution is 2.16. The van der Waals surface area contributed by atoms with Gasteiger partial charge in [0.2, 0.25) is 0 Å². The van der Waals surface area contributed by atoms with Gasteiger partial charge in [0.1, 0.15) is 5.60 Å². The molecule has 0 aliphatic rings. The number of benzene rings is 1. The fourth-order valence-corrected chi connectivity index (χ4v) is 3.01. The highest BCUT2D eigenvalue weighted by atomic mass is 16.6. The van der Waals surface area contributed by atoms with Gasteiger partial charge in [0.25, 0.3) is 0 Å². The smallest absolute Gasteiger partial charge is 0.407 e. The highest BCUT2D eigenvalue weighted by molar-refractivity contribution is 5.67. The van der Waals surface area contributed by atoms with Gasteiger partial charge in [-0.2, -0.15) is 0 Å². The molecule has 1 amide bonds. The summed E-state index contributed by atoms with van der Waals surface area (Å²) >= 11 is 0. The van der Waals surface area contributed by atoms with Gasteiger partial charge in [-0.3, -0.25) is 0 Å². The molecule has 0 aliphatic heterocycles. The van der Waals surface area contributed by atoms with E-state index in [0.717, 1.165) is 38.9 Å². The molecule has 0 bridgehead atoms. The molecule has 0 unspecified atom stereocenters. The van der Waals surface area contributed by atoms with Crippen LogP contribution in [0.25, 0.3) is 0 Å². The van der Waals surface area contributed by atoms with Gasteiger partial charge in [0.05, 0.1) is 0 Å². The van der Waals surface area contributed by atoms with E-state index in [1.54, 1.807) is 0 Å². The lowest BCUT2D eigenvalue weighted by molar-refractivity contribution is 0.0527. The zero-order chi connectivity index (χ0) is 20.0. The largest absolute Gasteiger partial charge is 0.444 e. The van der Waals surface area contributed by atoms with Crippen LogP contribution in [0, 0.1) is 0 Å². The highest BCUT2D eigenvalue weighted by Gasteiger charge is 2.15. The molecular weight excluding hydrogens is 338 g/mol. The number of hydrogen-bond donors (Lipinski definition) is 1. The molecule has 0 aliphatic carbocycles. The van der Waals surface area contributed by atoms with Crippen molar-refractivity contribution < 1.29 is 14.3 Å². The Morgan fingerprint density at radius 2 is 1.52 bits per heavy atom. The summed E-state index contributed by atoms with van der Waals surface area (Å²) in [7, 11) is 0. The molecule has 1 rings (SSSR count). The third-order valence-corrected chi connectivity index (χ3v) is 4.35. The lowest BCUT2D eigenvalue weighted by Crippen LogP contribution is -2.33. The molecule has 0 fully saturated rings. The van der Waals surface area contributed by atoms with Crippen LogP contribution in [-0.2, 0) is 22.3 Å².